The minimum absolute atomic E-state index is 0.276. The van der Waals surface area contributed by atoms with Gasteiger partial charge in [-0.1, -0.05) is 11.6 Å². The highest BCUT2D eigenvalue weighted by Crippen LogP contribution is 2.28. The van der Waals surface area contributed by atoms with Crippen molar-refractivity contribution in [3.63, 3.8) is 0 Å². The summed E-state index contributed by atoms with van der Waals surface area (Å²) < 4.78 is 0. The Kier molecular flexibility index (Phi) is 3.26. The van der Waals surface area contributed by atoms with Gasteiger partial charge < -0.3 is 10.8 Å². The molecule has 0 fully saturated rings. The van der Waals surface area contributed by atoms with E-state index in [2.05, 4.69) is 9.97 Å². The van der Waals surface area contributed by atoms with Crippen LogP contribution in [0.15, 0.2) is 30.7 Å². The first-order valence-corrected chi connectivity index (χ1v) is 5.47. The van der Waals surface area contributed by atoms with Gasteiger partial charge in [-0.2, -0.15) is 0 Å². The number of aromatic nitrogens is 2. The summed E-state index contributed by atoms with van der Waals surface area (Å²) in [5.74, 6) is 0.276. The normalized spacial score (nSPS) is 12.4. The minimum atomic E-state index is -0.843. The lowest BCUT2D eigenvalue weighted by atomic mass is 10.00. The number of pyridine rings is 2. The zero-order chi connectivity index (χ0) is 12.4. The molecule has 2 aromatic rings. The molecule has 0 aliphatic carbocycles. The number of hydrogen-bond acceptors (Lipinski definition) is 4. The van der Waals surface area contributed by atoms with E-state index in [1.807, 2.05) is 6.92 Å². The molecule has 2 heterocycles. The van der Waals surface area contributed by atoms with Crippen LogP contribution in [0.2, 0.25) is 5.02 Å². The van der Waals surface area contributed by atoms with Crippen LogP contribution in [0, 0.1) is 6.92 Å². The average molecular weight is 250 g/mol. The largest absolute Gasteiger partial charge is 0.384 e. The molecule has 17 heavy (non-hydrogen) atoms. The van der Waals surface area contributed by atoms with E-state index in [0.29, 0.717) is 10.6 Å². The number of aliphatic hydroxyl groups excluding tert-OH is 1. The standard InChI is InChI=1S/C12H12ClN3O/c1-7-5-15-3-2-9(7)11(17)10-4-8(13)6-16-12(10)14/h2-6,11,17H,1H3,(H2,14,16). The van der Waals surface area contributed by atoms with Crippen molar-refractivity contribution in [2.24, 2.45) is 0 Å². The zero-order valence-electron chi connectivity index (χ0n) is 9.26. The molecule has 4 nitrogen and oxygen atoms in total. The average Bonchev–Trinajstić information content (AvgIpc) is 2.32. The number of nitrogens with zero attached hydrogens (tertiary/aromatic N) is 2. The smallest absolute Gasteiger partial charge is 0.129 e. The number of aliphatic hydroxyl groups is 1. The van der Waals surface area contributed by atoms with E-state index in [1.54, 1.807) is 24.5 Å². The summed E-state index contributed by atoms with van der Waals surface area (Å²) in [6, 6.07) is 3.37. The quantitative estimate of drug-likeness (QED) is 0.855. The summed E-state index contributed by atoms with van der Waals surface area (Å²) in [6.45, 7) is 1.87. The molecule has 0 saturated heterocycles. The van der Waals surface area contributed by atoms with Crippen LogP contribution in [0.4, 0.5) is 5.82 Å². The lowest BCUT2D eigenvalue weighted by Gasteiger charge is -2.15. The van der Waals surface area contributed by atoms with E-state index >= 15 is 0 Å². The van der Waals surface area contributed by atoms with Gasteiger partial charge in [0.05, 0.1) is 5.02 Å². The van der Waals surface area contributed by atoms with Crippen LogP contribution in [0.3, 0.4) is 0 Å². The summed E-state index contributed by atoms with van der Waals surface area (Å²) in [5.41, 5.74) is 7.87. The second-order valence-electron chi connectivity index (χ2n) is 3.76. The number of rotatable bonds is 2. The Balaban J connectivity index is 2.47. The third-order valence-electron chi connectivity index (χ3n) is 2.57. The molecule has 0 aliphatic heterocycles. The molecule has 2 aromatic heterocycles. The molecule has 0 aliphatic rings. The van der Waals surface area contributed by atoms with Crippen LogP contribution in [0.5, 0.6) is 0 Å². The highest BCUT2D eigenvalue weighted by molar-refractivity contribution is 6.30. The molecule has 1 atom stereocenters. The fourth-order valence-electron chi connectivity index (χ4n) is 1.64. The van der Waals surface area contributed by atoms with Crippen molar-refractivity contribution in [1.29, 1.82) is 0 Å². The molecule has 2 rings (SSSR count). The maximum Gasteiger partial charge on any atom is 0.129 e. The van der Waals surface area contributed by atoms with Crippen LogP contribution in [0.25, 0.3) is 0 Å². The summed E-state index contributed by atoms with van der Waals surface area (Å²) in [6.07, 6.45) is 3.92. The number of nitrogen functional groups attached to an aromatic ring is 1. The molecule has 0 bridgehead atoms. The van der Waals surface area contributed by atoms with Crippen LogP contribution < -0.4 is 5.73 Å². The van der Waals surface area contributed by atoms with E-state index in [1.165, 1.54) is 6.20 Å². The minimum Gasteiger partial charge on any atom is -0.384 e. The van der Waals surface area contributed by atoms with Gasteiger partial charge in [0.25, 0.3) is 0 Å². The molecular weight excluding hydrogens is 238 g/mol. The maximum absolute atomic E-state index is 10.3. The first kappa shape index (κ1) is 11.8. The van der Waals surface area contributed by atoms with Crippen molar-refractivity contribution in [2.75, 3.05) is 5.73 Å². The second kappa shape index (κ2) is 4.69. The molecule has 0 saturated carbocycles. The Morgan fingerprint density at radius 3 is 2.82 bits per heavy atom. The van der Waals surface area contributed by atoms with Crippen molar-refractivity contribution in [1.82, 2.24) is 9.97 Å². The highest BCUT2D eigenvalue weighted by atomic mass is 35.5. The van der Waals surface area contributed by atoms with Crippen molar-refractivity contribution in [3.05, 3.63) is 52.4 Å². The third kappa shape index (κ3) is 2.38. The van der Waals surface area contributed by atoms with Crippen molar-refractivity contribution >= 4 is 17.4 Å². The van der Waals surface area contributed by atoms with Gasteiger partial charge in [0, 0.05) is 24.2 Å². The predicted molar refractivity (Wildman–Crippen MR) is 66.7 cm³/mol. The lowest BCUT2D eigenvalue weighted by Crippen LogP contribution is -2.07. The number of halogens is 1. The van der Waals surface area contributed by atoms with E-state index < -0.39 is 6.10 Å². The Morgan fingerprint density at radius 1 is 1.35 bits per heavy atom. The van der Waals surface area contributed by atoms with Gasteiger partial charge in [-0.05, 0) is 30.2 Å². The number of hydrogen-bond donors (Lipinski definition) is 2. The van der Waals surface area contributed by atoms with Crippen LogP contribution in [-0.2, 0) is 0 Å². The molecular formula is C12H12ClN3O. The van der Waals surface area contributed by atoms with Gasteiger partial charge in [-0.15, -0.1) is 0 Å². The van der Waals surface area contributed by atoms with Crippen LogP contribution in [0.1, 0.15) is 22.8 Å². The number of anilines is 1. The molecule has 0 radical (unpaired) electrons. The molecule has 0 amide bonds. The molecule has 0 aromatic carbocycles. The highest BCUT2D eigenvalue weighted by Gasteiger charge is 2.16. The van der Waals surface area contributed by atoms with Gasteiger partial charge in [0.15, 0.2) is 0 Å². The molecule has 1 unspecified atom stereocenters. The third-order valence-corrected chi connectivity index (χ3v) is 2.78. The Labute approximate surface area is 104 Å². The van der Waals surface area contributed by atoms with Crippen molar-refractivity contribution in [3.8, 4) is 0 Å². The Hall–Kier alpha value is -1.65. The first-order chi connectivity index (χ1) is 8.09. The van der Waals surface area contributed by atoms with Crippen molar-refractivity contribution < 1.29 is 5.11 Å². The summed E-state index contributed by atoms with van der Waals surface area (Å²) in [7, 11) is 0. The van der Waals surface area contributed by atoms with Crippen LogP contribution in [-0.4, -0.2) is 15.1 Å². The fourth-order valence-corrected chi connectivity index (χ4v) is 1.81. The SMILES string of the molecule is Cc1cnccc1C(O)c1cc(Cl)cnc1N. The van der Waals surface area contributed by atoms with Crippen molar-refractivity contribution in [2.45, 2.75) is 13.0 Å². The monoisotopic (exact) mass is 249 g/mol. The second-order valence-corrected chi connectivity index (χ2v) is 4.20. The van der Waals surface area contributed by atoms with Gasteiger partial charge in [0.2, 0.25) is 0 Å². The summed E-state index contributed by atoms with van der Waals surface area (Å²) >= 11 is 5.85. The van der Waals surface area contributed by atoms with E-state index in [-0.39, 0.29) is 5.82 Å². The topological polar surface area (TPSA) is 72.0 Å². The van der Waals surface area contributed by atoms with Gasteiger partial charge in [0.1, 0.15) is 11.9 Å². The maximum atomic E-state index is 10.3. The molecule has 5 heteroatoms. The first-order valence-electron chi connectivity index (χ1n) is 5.09. The number of aryl methyl sites for hydroxylation is 1. The molecule has 88 valence electrons. The van der Waals surface area contributed by atoms with E-state index in [9.17, 15) is 5.11 Å². The summed E-state index contributed by atoms with van der Waals surface area (Å²) in [5, 5.41) is 10.7. The van der Waals surface area contributed by atoms with E-state index in [4.69, 9.17) is 17.3 Å². The summed E-state index contributed by atoms with van der Waals surface area (Å²) in [4.78, 5) is 7.90. The van der Waals surface area contributed by atoms with Gasteiger partial charge >= 0.3 is 0 Å². The lowest BCUT2D eigenvalue weighted by molar-refractivity contribution is 0.220. The van der Waals surface area contributed by atoms with Crippen LogP contribution >= 0.6 is 11.6 Å². The predicted octanol–water partition coefficient (Wildman–Crippen LogP) is 2.10. The van der Waals surface area contributed by atoms with Gasteiger partial charge in [-0.25, -0.2) is 4.98 Å². The van der Waals surface area contributed by atoms with E-state index in [0.717, 1.165) is 11.1 Å². The molecule has 3 N–H and O–H groups in total. The fraction of sp³-hybridized carbons (Fsp3) is 0.167. The molecule has 0 spiro atoms. The Bertz CT molecular complexity index is 545. The zero-order valence-corrected chi connectivity index (χ0v) is 10.0. The number of nitrogens with two attached hydrogens (primary N) is 1. The van der Waals surface area contributed by atoms with Gasteiger partial charge in [-0.3, -0.25) is 4.98 Å². The Morgan fingerprint density at radius 2 is 2.12 bits per heavy atom.